The number of carbonyl (C=O) groups is 1. The number of aliphatic carboxylic acids is 1. The highest BCUT2D eigenvalue weighted by Crippen LogP contribution is 2.14. The summed E-state index contributed by atoms with van der Waals surface area (Å²) < 4.78 is 5.03. The molecule has 1 rings (SSSR count). The van der Waals surface area contributed by atoms with E-state index >= 15 is 0 Å². The van der Waals surface area contributed by atoms with Gasteiger partial charge in [0.05, 0.1) is 5.69 Å². The Hall–Kier alpha value is -1.32. The fourth-order valence-corrected chi connectivity index (χ4v) is 1.10. The first-order chi connectivity index (χ1) is 6.11. The lowest BCUT2D eigenvalue weighted by Crippen LogP contribution is -1.96. The van der Waals surface area contributed by atoms with E-state index in [9.17, 15) is 4.79 Å². The molecule has 0 fully saturated rings. The Bertz CT molecular complexity index is 304. The first kappa shape index (κ1) is 9.77. The third-order valence-corrected chi connectivity index (χ3v) is 2.05. The van der Waals surface area contributed by atoms with Gasteiger partial charge in [-0.25, -0.2) is 0 Å². The molecule has 0 spiro atoms. The fourth-order valence-electron chi connectivity index (χ4n) is 1.10. The quantitative estimate of drug-likeness (QED) is 0.771. The summed E-state index contributed by atoms with van der Waals surface area (Å²) in [5.74, 6) is 0.0349. The molecule has 4 heteroatoms. The molecular weight excluding hydrogens is 170 g/mol. The van der Waals surface area contributed by atoms with E-state index in [0.29, 0.717) is 12.8 Å². The standard InChI is InChI=1S/C9H13NO3/c1-6-7(2)10-13-8(6)4-3-5-9(11)12/h3-5H2,1-2H3,(H,11,12). The largest absolute Gasteiger partial charge is 0.481 e. The number of aryl methyl sites for hydroxylation is 2. The molecular formula is C9H13NO3. The molecule has 0 radical (unpaired) electrons. The van der Waals surface area contributed by atoms with Crippen molar-refractivity contribution in [3.8, 4) is 0 Å². The van der Waals surface area contributed by atoms with Gasteiger partial charge < -0.3 is 9.63 Å². The third-order valence-electron chi connectivity index (χ3n) is 2.05. The van der Waals surface area contributed by atoms with Gasteiger partial charge >= 0.3 is 5.97 Å². The molecule has 13 heavy (non-hydrogen) atoms. The van der Waals surface area contributed by atoms with E-state index in [4.69, 9.17) is 9.63 Å². The number of hydrogen-bond acceptors (Lipinski definition) is 3. The zero-order chi connectivity index (χ0) is 9.84. The van der Waals surface area contributed by atoms with Crippen LogP contribution in [-0.2, 0) is 11.2 Å². The molecule has 1 aromatic rings. The summed E-state index contributed by atoms with van der Waals surface area (Å²) >= 11 is 0. The van der Waals surface area contributed by atoms with Crippen LogP contribution in [-0.4, -0.2) is 16.2 Å². The Kier molecular flexibility index (Phi) is 3.06. The lowest BCUT2D eigenvalue weighted by Gasteiger charge is -1.94. The van der Waals surface area contributed by atoms with Crippen LogP contribution in [0.25, 0.3) is 0 Å². The zero-order valence-corrected chi connectivity index (χ0v) is 7.83. The zero-order valence-electron chi connectivity index (χ0n) is 7.83. The van der Waals surface area contributed by atoms with Gasteiger partial charge in [-0.3, -0.25) is 4.79 Å². The molecule has 0 aliphatic rings. The molecule has 0 bridgehead atoms. The second kappa shape index (κ2) is 4.07. The Balaban J connectivity index is 2.45. The van der Waals surface area contributed by atoms with E-state index in [1.54, 1.807) is 0 Å². The Labute approximate surface area is 76.5 Å². The SMILES string of the molecule is Cc1noc(CCCC(=O)O)c1C. The van der Waals surface area contributed by atoms with E-state index in [2.05, 4.69) is 5.16 Å². The van der Waals surface area contributed by atoms with Crippen molar-refractivity contribution in [3.05, 3.63) is 17.0 Å². The van der Waals surface area contributed by atoms with Crippen LogP contribution in [0.15, 0.2) is 4.52 Å². The van der Waals surface area contributed by atoms with Gasteiger partial charge in [0.1, 0.15) is 5.76 Å². The number of nitrogens with zero attached hydrogens (tertiary/aromatic N) is 1. The molecule has 72 valence electrons. The van der Waals surface area contributed by atoms with Gasteiger partial charge in [0, 0.05) is 18.4 Å². The molecule has 0 aliphatic heterocycles. The average Bonchev–Trinajstić information content (AvgIpc) is 2.35. The first-order valence-electron chi connectivity index (χ1n) is 4.25. The maximum absolute atomic E-state index is 10.2. The van der Waals surface area contributed by atoms with Gasteiger partial charge in [-0.05, 0) is 20.3 Å². The van der Waals surface area contributed by atoms with Crippen molar-refractivity contribution in [2.75, 3.05) is 0 Å². The van der Waals surface area contributed by atoms with Crippen LogP contribution in [0.5, 0.6) is 0 Å². The van der Waals surface area contributed by atoms with Crippen LogP contribution >= 0.6 is 0 Å². The summed E-state index contributed by atoms with van der Waals surface area (Å²) in [7, 11) is 0. The lowest BCUT2D eigenvalue weighted by atomic mass is 10.1. The van der Waals surface area contributed by atoms with E-state index in [-0.39, 0.29) is 6.42 Å². The number of carboxylic acid groups (broad SMARTS) is 1. The van der Waals surface area contributed by atoms with Crippen molar-refractivity contribution < 1.29 is 14.4 Å². The highest BCUT2D eigenvalue weighted by molar-refractivity contribution is 5.66. The molecule has 0 atom stereocenters. The summed E-state index contributed by atoms with van der Waals surface area (Å²) in [6, 6.07) is 0. The van der Waals surface area contributed by atoms with Crippen LogP contribution in [0.4, 0.5) is 0 Å². The predicted molar refractivity (Wildman–Crippen MR) is 46.6 cm³/mol. The van der Waals surface area contributed by atoms with Crippen molar-refractivity contribution in [1.82, 2.24) is 5.16 Å². The van der Waals surface area contributed by atoms with Gasteiger partial charge in [-0.15, -0.1) is 0 Å². The fraction of sp³-hybridized carbons (Fsp3) is 0.556. The maximum Gasteiger partial charge on any atom is 0.303 e. The topological polar surface area (TPSA) is 63.3 Å². The highest BCUT2D eigenvalue weighted by Gasteiger charge is 2.08. The highest BCUT2D eigenvalue weighted by atomic mass is 16.5. The van der Waals surface area contributed by atoms with Crippen molar-refractivity contribution >= 4 is 5.97 Å². The number of hydrogen-bond donors (Lipinski definition) is 1. The monoisotopic (exact) mass is 183 g/mol. The average molecular weight is 183 g/mol. The molecule has 1 aromatic heterocycles. The van der Waals surface area contributed by atoms with Crippen molar-refractivity contribution in [3.63, 3.8) is 0 Å². The predicted octanol–water partition coefficient (Wildman–Crippen LogP) is 1.70. The molecule has 0 amide bonds. The molecule has 0 aromatic carbocycles. The summed E-state index contributed by atoms with van der Waals surface area (Å²) in [6.45, 7) is 3.81. The molecule has 0 unspecified atom stereocenters. The van der Waals surface area contributed by atoms with Gasteiger partial charge in [0.25, 0.3) is 0 Å². The Morgan fingerprint density at radius 2 is 2.23 bits per heavy atom. The van der Waals surface area contributed by atoms with E-state index in [1.807, 2.05) is 13.8 Å². The van der Waals surface area contributed by atoms with Crippen LogP contribution in [0.3, 0.4) is 0 Å². The summed E-state index contributed by atoms with van der Waals surface area (Å²) in [6.07, 6.45) is 1.43. The summed E-state index contributed by atoms with van der Waals surface area (Å²) in [4.78, 5) is 10.2. The van der Waals surface area contributed by atoms with E-state index in [1.165, 1.54) is 0 Å². The Morgan fingerprint density at radius 1 is 1.54 bits per heavy atom. The maximum atomic E-state index is 10.2. The first-order valence-corrected chi connectivity index (χ1v) is 4.25. The van der Waals surface area contributed by atoms with E-state index in [0.717, 1.165) is 17.0 Å². The number of carboxylic acids is 1. The van der Waals surface area contributed by atoms with Crippen molar-refractivity contribution in [2.45, 2.75) is 33.1 Å². The van der Waals surface area contributed by atoms with Gasteiger partial charge in [0.2, 0.25) is 0 Å². The molecule has 1 N–H and O–H groups in total. The minimum Gasteiger partial charge on any atom is -0.481 e. The molecule has 1 heterocycles. The normalized spacial score (nSPS) is 10.3. The smallest absolute Gasteiger partial charge is 0.303 e. The second-order valence-corrected chi connectivity index (χ2v) is 3.06. The van der Waals surface area contributed by atoms with Crippen molar-refractivity contribution in [1.29, 1.82) is 0 Å². The lowest BCUT2D eigenvalue weighted by molar-refractivity contribution is -0.137. The number of rotatable bonds is 4. The van der Waals surface area contributed by atoms with Gasteiger partial charge in [-0.2, -0.15) is 0 Å². The molecule has 0 aliphatic carbocycles. The van der Waals surface area contributed by atoms with Crippen LogP contribution < -0.4 is 0 Å². The van der Waals surface area contributed by atoms with Crippen LogP contribution in [0.2, 0.25) is 0 Å². The van der Waals surface area contributed by atoms with Crippen molar-refractivity contribution in [2.24, 2.45) is 0 Å². The minimum absolute atomic E-state index is 0.180. The summed E-state index contributed by atoms with van der Waals surface area (Å²) in [5.41, 5.74) is 1.91. The van der Waals surface area contributed by atoms with Crippen LogP contribution in [0.1, 0.15) is 29.9 Å². The molecule has 4 nitrogen and oxygen atoms in total. The molecule has 0 saturated carbocycles. The molecule has 0 saturated heterocycles. The van der Waals surface area contributed by atoms with Gasteiger partial charge in [0.15, 0.2) is 0 Å². The summed E-state index contributed by atoms with van der Waals surface area (Å²) in [5, 5.41) is 12.2. The Morgan fingerprint density at radius 3 is 2.69 bits per heavy atom. The third kappa shape index (κ3) is 2.57. The number of aromatic nitrogens is 1. The second-order valence-electron chi connectivity index (χ2n) is 3.06. The van der Waals surface area contributed by atoms with Crippen LogP contribution in [0, 0.1) is 13.8 Å². The van der Waals surface area contributed by atoms with Gasteiger partial charge in [-0.1, -0.05) is 5.16 Å². The van der Waals surface area contributed by atoms with E-state index < -0.39 is 5.97 Å². The minimum atomic E-state index is -0.770.